The van der Waals surface area contributed by atoms with Crippen molar-refractivity contribution in [3.63, 3.8) is 0 Å². The summed E-state index contributed by atoms with van der Waals surface area (Å²) in [5.41, 5.74) is 2.12. The lowest BCUT2D eigenvalue weighted by atomic mass is 10.1. The second kappa shape index (κ2) is 6.21. The maximum Gasteiger partial charge on any atom is 0.246 e. The van der Waals surface area contributed by atoms with Crippen molar-refractivity contribution in [1.29, 1.82) is 0 Å². The van der Waals surface area contributed by atoms with Gasteiger partial charge in [-0.05, 0) is 31.1 Å². The summed E-state index contributed by atoms with van der Waals surface area (Å²) in [5, 5.41) is 3.13. The lowest BCUT2D eigenvalue weighted by Crippen LogP contribution is -2.18. The van der Waals surface area contributed by atoms with Gasteiger partial charge in [0.25, 0.3) is 0 Å². The molecule has 0 atom stereocenters. The number of nitrogens with one attached hydrogen (secondary N) is 1. The highest BCUT2D eigenvalue weighted by molar-refractivity contribution is 6.32. The number of nitrogens with zero attached hydrogens (tertiary/aromatic N) is 1. The fourth-order valence-electron chi connectivity index (χ4n) is 1.31. The van der Waals surface area contributed by atoms with Crippen LogP contribution in [0.2, 0.25) is 5.02 Å². The number of likely N-dealkylation sites (N-methyl/N-ethyl adjacent to an activating group) is 1. The summed E-state index contributed by atoms with van der Waals surface area (Å²) < 4.78 is 0. The highest BCUT2D eigenvalue weighted by Gasteiger charge is 2.05. The molecule has 1 rings (SSSR count). The smallest absolute Gasteiger partial charge is 0.246 e. The van der Waals surface area contributed by atoms with Crippen LogP contribution in [0.15, 0.2) is 36.6 Å². The van der Waals surface area contributed by atoms with Crippen LogP contribution in [-0.4, -0.2) is 17.9 Å². The van der Waals surface area contributed by atoms with Crippen molar-refractivity contribution < 1.29 is 4.79 Å². The van der Waals surface area contributed by atoms with Gasteiger partial charge in [-0.3, -0.25) is 9.78 Å². The first-order chi connectivity index (χ1) is 8.06. The highest BCUT2D eigenvalue weighted by Crippen LogP contribution is 2.22. The third-order valence-corrected chi connectivity index (χ3v) is 2.64. The molecular formula is C13H15ClN2O. The Balaban J connectivity index is 2.75. The Bertz CT molecular complexity index is 466. The lowest BCUT2D eigenvalue weighted by molar-refractivity contribution is -0.117. The van der Waals surface area contributed by atoms with E-state index in [0.29, 0.717) is 22.7 Å². The minimum atomic E-state index is -0.0927. The van der Waals surface area contributed by atoms with Gasteiger partial charge in [-0.2, -0.15) is 0 Å². The number of rotatable bonds is 4. The number of allylic oxidation sites excluding steroid dienone is 2. The first kappa shape index (κ1) is 13.5. The normalized spacial score (nSPS) is 11.1. The van der Waals surface area contributed by atoms with Crippen LogP contribution in [0, 0.1) is 0 Å². The van der Waals surface area contributed by atoms with Crippen molar-refractivity contribution >= 4 is 23.1 Å². The molecule has 0 aliphatic heterocycles. The van der Waals surface area contributed by atoms with Gasteiger partial charge >= 0.3 is 0 Å². The van der Waals surface area contributed by atoms with E-state index >= 15 is 0 Å². The molecule has 1 aromatic rings. The molecule has 0 saturated carbocycles. The van der Waals surface area contributed by atoms with Gasteiger partial charge < -0.3 is 5.32 Å². The van der Waals surface area contributed by atoms with Crippen molar-refractivity contribution in [3.8, 4) is 0 Å². The molecule has 0 fully saturated rings. The molecule has 1 N–H and O–H groups in total. The summed E-state index contributed by atoms with van der Waals surface area (Å²) in [4.78, 5) is 15.4. The summed E-state index contributed by atoms with van der Waals surface area (Å²) in [6.07, 6.45) is 4.03. The molecule has 90 valence electrons. The zero-order valence-electron chi connectivity index (χ0n) is 9.96. The molecule has 17 heavy (non-hydrogen) atoms. The Hall–Kier alpha value is -1.61. The van der Waals surface area contributed by atoms with E-state index in [2.05, 4.69) is 16.9 Å². The van der Waals surface area contributed by atoms with Crippen molar-refractivity contribution in [1.82, 2.24) is 10.3 Å². The average molecular weight is 251 g/mol. The molecule has 0 aliphatic rings. The molecular weight excluding hydrogens is 236 g/mol. The summed E-state index contributed by atoms with van der Waals surface area (Å²) in [5.74, 6) is -0.0927. The van der Waals surface area contributed by atoms with Gasteiger partial charge in [-0.25, -0.2) is 0 Å². The number of hydrogen-bond acceptors (Lipinski definition) is 2. The summed E-state index contributed by atoms with van der Waals surface area (Å²) in [6, 6.07) is 3.54. The standard InChI is InChI=1S/C13H15ClN2O/c1-9(6-7-10(2)13(17)15-3)12-11(14)5-4-8-16-12/h4-5,7-8H,1,6H2,2-3H3,(H,15,17)/b10-7+. The van der Waals surface area contributed by atoms with Gasteiger partial charge in [0, 0.05) is 18.8 Å². The molecule has 3 nitrogen and oxygen atoms in total. The minimum Gasteiger partial charge on any atom is -0.355 e. The second-order valence-corrected chi connectivity index (χ2v) is 4.01. The zero-order valence-corrected chi connectivity index (χ0v) is 10.7. The van der Waals surface area contributed by atoms with Crippen LogP contribution in [0.4, 0.5) is 0 Å². The third kappa shape index (κ3) is 3.71. The number of pyridine rings is 1. The van der Waals surface area contributed by atoms with E-state index in [9.17, 15) is 4.79 Å². The minimum absolute atomic E-state index is 0.0927. The van der Waals surface area contributed by atoms with E-state index in [1.54, 1.807) is 32.3 Å². The van der Waals surface area contributed by atoms with Crippen LogP contribution in [-0.2, 0) is 4.79 Å². The van der Waals surface area contributed by atoms with Gasteiger partial charge in [0.2, 0.25) is 5.91 Å². The number of carbonyl (C=O) groups excluding carboxylic acids is 1. The predicted molar refractivity (Wildman–Crippen MR) is 70.7 cm³/mol. The molecule has 0 aromatic carbocycles. The number of aromatic nitrogens is 1. The van der Waals surface area contributed by atoms with Crippen LogP contribution in [0.5, 0.6) is 0 Å². The van der Waals surface area contributed by atoms with Gasteiger partial charge in [0.05, 0.1) is 10.7 Å². The highest BCUT2D eigenvalue weighted by atomic mass is 35.5. The Morgan fingerprint density at radius 3 is 2.94 bits per heavy atom. The predicted octanol–water partition coefficient (Wildman–Crippen LogP) is 2.83. The molecule has 1 heterocycles. The molecule has 1 amide bonds. The largest absolute Gasteiger partial charge is 0.355 e. The van der Waals surface area contributed by atoms with E-state index in [4.69, 9.17) is 11.6 Å². The Morgan fingerprint density at radius 1 is 1.65 bits per heavy atom. The first-order valence-electron chi connectivity index (χ1n) is 5.23. The summed E-state index contributed by atoms with van der Waals surface area (Å²) >= 11 is 6.00. The summed E-state index contributed by atoms with van der Waals surface area (Å²) in [7, 11) is 1.60. The monoisotopic (exact) mass is 250 g/mol. The molecule has 0 bridgehead atoms. The topological polar surface area (TPSA) is 42.0 Å². The van der Waals surface area contributed by atoms with Crippen molar-refractivity contribution in [2.45, 2.75) is 13.3 Å². The molecule has 0 spiro atoms. The van der Waals surface area contributed by atoms with Crippen LogP contribution < -0.4 is 5.32 Å². The van der Waals surface area contributed by atoms with Crippen molar-refractivity contribution in [2.75, 3.05) is 7.05 Å². The van der Waals surface area contributed by atoms with E-state index in [1.165, 1.54) is 0 Å². The van der Waals surface area contributed by atoms with Gasteiger partial charge in [-0.15, -0.1) is 0 Å². The SMILES string of the molecule is C=C(C/C=C(\C)C(=O)NC)c1ncccc1Cl. The number of hydrogen-bond donors (Lipinski definition) is 1. The Morgan fingerprint density at radius 2 is 2.35 bits per heavy atom. The Kier molecular flexibility index (Phi) is 4.91. The zero-order chi connectivity index (χ0) is 12.8. The lowest BCUT2D eigenvalue weighted by Gasteiger charge is -2.05. The van der Waals surface area contributed by atoms with E-state index in [1.807, 2.05) is 6.08 Å². The fraction of sp³-hybridized carbons (Fsp3) is 0.231. The van der Waals surface area contributed by atoms with Crippen LogP contribution in [0.3, 0.4) is 0 Å². The molecule has 0 unspecified atom stereocenters. The van der Waals surface area contributed by atoms with E-state index in [0.717, 1.165) is 5.57 Å². The van der Waals surface area contributed by atoms with E-state index < -0.39 is 0 Å². The van der Waals surface area contributed by atoms with Gasteiger partial charge in [0.1, 0.15) is 0 Å². The summed E-state index contributed by atoms with van der Waals surface area (Å²) in [6.45, 7) is 5.68. The third-order valence-electron chi connectivity index (χ3n) is 2.33. The second-order valence-electron chi connectivity index (χ2n) is 3.61. The van der Waals surface area contributed by atoms with Crippen LogP contribution >= 0.6 is 11.6 Å². The molecule has 0 aliphatic carbocycles. The maximum atomic E-state index is 11.3. The van der Waals surface area contributed by atoms with Gasteiger partial charge in [-0.1, -0.05) is 24.3 Å². The van der Waals surface area contributed by atoms with Crippen molar-refractivity contribution in [2.24, 2.45) is 0 Å². The fourth-order valence-corrected chi connectivity index (χ4v) is 1.56. The molecule has 0 radical (unpaired) electrons. The average Bonchev–Trinajstić information content (AvgIpc) is 2.35. The van der Waals surface area contributed by atoms with Crippen LogP contribution in [0.1, 0.15) is 19.0 Å². The molecule has 4 heteroatoms. The van der Waals surface area contributed by atoms with Crippen molar-refractivity contribution in [3.05, 3.63) is 47.3 Å². The quantitative estimate of drug-likeness (QED) is 0.835. The Labute approximate surface area is 106 Å². The first-order valence-corrected chi connectivity index (χ1v) is 5.61. The number of carbonyl (C=O) groups is 1. The maximum absolute atomic E-state index is 11.3. The number of halogens is 1. The molecule has 1 aromatic heterocycles. The number of amides is 1. The van der Waals surface area contributed by atoms with E-state index in [-0.39, 0.29) is 5.91 Å². The van der Waals surface area contributed by atoms with Crippen LogP contribution in [0.25, 0.3) is 5.57 Å². The van der Waals surface area contributed by atoms with Gasteiger partial charge in [0.15, 0.2) is 0 Å². The molecule has 0 saturated heterocycles.